The maximum Gasteiger partial charge on any atom is 0.435 e. The first-order chi connectivity index (χ1) is 12.8. The summed E-state index contributed by atoms with van der Waals surface area (Å²) in [6.45, 7) is 1.01. The van der Waals surface area contributed by atoms with Crippen LogP contribution in [0.15, 0.2) is 24.3 Å². The van der Waals surface area contributed by atoms with Gasteiger partial charge in [-0.3, -0.25) is 4.79 Å². The molecule has 1 aromatic carbocycles. The van der Waals surface area contributed by atoms with Crippen molar-refractivity contribution in [3.05, 3.63) is 46.8 Å². The van der Waals surface area contributed by atoms with Crippen LogP contribution < -0.4 is 0 Å². The second-order valence-corrected chi connectivity index (χ2v) is 6.73. The van der Waals surface area contributed by atoms with E-state index in [1.165, 1.54) is 4.68 Å². The van der Waals surface area contributed by atoms with Crippen molar-refractivity contribution in [3.63, 3.8) is 0 Å². The number of likely N-dealkylation sites (tertiary alicyclic amines) is 1. The van der Waals surface area contributed by atoms with Crippen molar-refractivity contribution in [1.29, 1.82) is 0 Å². The summed E-state index contributed by atoms with van der Waals surface area (Å²) >= 11 is 0. The second-order valence-electron chi connectivity index (χ2n) is 6.73. The minimum Gasteiger partial charge on any atom is -0.391 e. The van der Waals surface area contributed by atoms with Crippen LogP contribution in [0.4, 0.5) is 13.2 Å². The van der Waals surface area contributed by atoms with E-state index in [-0.39, 0.29) is 18.1 Å². The van der Waals surface area contributed by atoms with E-state index in [4.69, 9.17) is 4.74 Å². The highest BCUT2D eigenvalue weighted by Crippen LogP contribution is 2.35. The summed E-state index contributed by atoms with van der Waals surface area (Å²) < 4.78 is 46.3. The van der Waals surface area contributed by atoms with Crippen LogP contribution in [0, 0.1) is 0 Å². The van der Waals surface area contributed by atoms with Crippen molar-refractivity contribution in [2.45, 2.75) is 31.7 Å². The average Bonchev–Trinajstić information content (AvgIpc) is 3.25. The minimum atomic E-state index is -4.55. The minimum absolute atomic E-state index is 0.0694. The third-order valence-electron chi connectivity index (χ3n) is 4.90. The number of amides is 1. The van der Waals surface area contributed by atoms with Crippen molar-refractivity contribution in [1.82, 2.24) is 14.7 Å². The van der Waals surface area contributed by atoms with Gasteiger partial charge in [0.1, 0.15) is 0 Å². The van der Waals surface area contributed by atoms with Gasteiger partial charge in [-0.25, -0.2) is 4.68 Å². The Morgan fingerprint density at radius 2 is 2.00 bits per heavy atom. The third kappa shape index (κ3) is 3.32. The SMILES string of the molecule is O=C(c1ccc(-n2nc(C(F)(F)F)c3c2CCOC3)cc1)N1CCC(O)C1. The lowest BCUT2D eigenvalue weighted by Gasteiger charge is -2.17. The zero-order valence-electron chi connectivity index (χ0n) is 14.4. The van der Waals surface area contributed by atoms with Crippen LogP contribution in [0.1, 0.15) is 33.7 Å². The molecule has 4 rings (SSSR count). The molecule has 3 heterocycles. The number of aliphatic hydroxyl groups excluding tert-OH is 1. The molecule has 0 bridgehead atoms. The molecule has 9 heteroatoms. The van der Waals surface area contributed by atoms with Gasteiger partial charge in [0.25, 0.3) is 5.91 Å². The molecule has 2 aliphatic rings. The van der Waals surface area contributed by atoms with Gasteiger partial charge in [0, 0.05) is 30.6 Å². The Morgan fingerprint density at radius 3 is 2.63 bits per heavy atom. The highest BCUT2D eigenvalue weighted by molar-refractivity contribution is 5.94. The summed E-state index contributed by atoms with van der Waals surface area (Å²) in [7, 11) is 0. The zero-order valence-corrected chi connectivity index (χ0v) is 14.4. The smallest absolute Gasteiger partial charge is 0.391 e. The molecule has 0 radical (unpaired) electrons. The molecular weight excluding hydrogens is 363 g/mol. The van der Waals surface area contributed by atoms with Crippen molar-refractivity contribution in [2.24, 2.45) is 0 Å². The number of β-amino-alcohol motifs (C(OH)–C–C–N with tert-alkyl or cyclic N) is 1. The molecule has 0 spiro atoms. The van der Waals surface area contributed by atoms with Gasteiger partial charge in [0.15, 0.2) is 5.69 Å². The molecule has 1 amide bonds. The number of aromatic nitrogens is 2. The fraction of sp³-hybridized carbons (Fsp3) is 0.444. The van der Waals surface area contributed by atoms with Gasteiger partial charge >= 0.3 is 6.18 Å². The van der Waals surface area contributed by atoms with Crippen molar-refractivity contribution < 1.29 is 27.8 Å². The highest BCUT2D eigenvalue weighted by atomic mass is 19.4. The van der Waals surface area contributed by atoms with Crippen LogP contribution in [-0.2, 0) is 23.9 Å². The lowest BCUT2D eigenvalue weighted by molar-refractivity contribution is -0.142. The van der Waals surface area contributed by atoms with Crippen molar-refractivity contribution in [3.8, 4) is 5.69 Å². The van der Waals surface area contributed by atoms with Gasteiger partial charge in [-0.2, -0.15) is 18.3 Å². The Balaban J connectivity index is 1.65. The van der Waals surface area contributed by atoms with E-state index < -0.39 is 18.0 Å². The van der Waals surface area contributed by atoms with E-state index >= 15 is 0 Å². The quantitative estimate of drug-likeness (QED) is 0.866. The monoisotopic (exact) mass is 381 g/mol. The van der Waals surface area contributed by atoms with Gasteiger partial charge in [0.2, 0.25) is 0 Å². The van der Waals surface area contributed by atoms with Gasteiger partial charge < -0.3 is 14.7 Å². The molecule has 1 atom stereocenters. The predicted molar refractivity (Wildman–Crippen MR) is 88.5 cm³/mol. The molecule has 0 saturated carbocycles. The number of halogens is 3. The summed E-state index contributed by atoms with van der Waals surface area (Å²) in [6.07, 6.45) is -4.18. The molecule has 0 aliphatic carbocycles. The largest absolute Gasteiger partial charge is 0.435 e. The molecule has 27 heavy (non-hydrogen) atoms. The Hall–Kier alpha value is -2.39. The first-order valence-corrected chi connectivity index (χ1v) is 8.68. The first-order valence-electron chi connectivity index (χ1n) is 8.68. The van der Waals surface area contributed by atoms with Gasteiger partial charge in [0.05, 0.1) is 30.7 Å². The molecule has 144 valence electrons. The molecule has 1 fully saturated rings. The van der Waals surface area contributed by atoms with E-state index in [2.05, 4.69) is 5.10 Å². The van der Waals surface area contributed by atoms with Crippen molar-refractivity contribution >= 4 is 5.91 Å². The third-order valence-corrected chi connectivity index (χ3v) is 4.90. The lowest BCUT2D eigenvalue weighted by atomic mass is 10.1. The maximum atomic E-state index is 13.3. The predicted octanol–water partition coefficient (Wildman–Crippen LogP) is 2.17. The topological polar surface area (TPSA) is 67.6 Å². The van der Waals surface area contributed by atoms with Gasteiger partial charge in [-0.1, -0.05) is 0 Å². The Labute approximate surface area is 153 Å². The summed E-state index contributed by atoms with van der Waals surface area (Å²) in [6, 6.07) is 6.32. The summed E-state index contributed by atoms with van der Waals surface area (Å²) in [5.74, 6) is -0.204. The number of aliphatic hydroxyl groups is 1. The number of carbonyl (C=O) groups excluding carboxylic acids is 1. The molecular formula is C18H18F3N3O3. The van der Waals surface area contributed by atoms with Gasteiger partial charge in [-0.05, 0) is 30.7 Å². The summed E-state index contributed by atoms with van der Waals surface area (Å²) in [5.41, 5.74) is 0.508. The van der Waals surface area contributed by atoms with Crippen LogP contribution in [0.5, 0.6) is 0 Å². The number of benzene rings is 1. The Bertz CT molecular complexity index is 861. The van der Waals surface area contributed by atoms with Crippen LogP contribution >= 0.6 is 0 Å². The Kier molecular flexibility index (Phi) is 4.43. The molecule has 1 N–H and O–H groups in total. The first kappa shape index (κ1) is 18.0. The molecule has 1 unspecified atom stereocenters. The van der Waals surface area contributed by atoms with E-state index in [0.717, 1.165) is 0 Å². The standard InChI is InChI=1S/C18H18F3N3O3/c19-18(20,21)16-14-10-27-8-6-15(14)24(22-16)12-3-1-11(2-4-12)17(26)23-7-5-13(25)9-23/h1-4,13,25H,5-10H2. The van der Waals surface area contributed by atoms with Gasteiger partial charge in [-0.15, -0.1) is 0 Å². The van der Waals surface area contributed by atoms with Crippen LogP contribution in [0.25, 0.3) is 5.69 Å². The number of alkyl halides is 3. The van der Waals surface area contributed by atoms with E-state index in [0.29, 0.717) is 49.5 Å². The molecule has 2 aromatic rings. The normalized spacial score (nSPS) is 20.0. The number of rotatable bonds is 2. The van der Waals surface area contributed by atoms with E-state index in [1.54, 1.807) is 29.2 Å². The number of hydrogen-bond acceptors (Lipinski definition) is 4. The van der Waals surface area contributed by atoms with Crippen LogP contribution in [0.3, 0.4) is 0 Å². The highest BCUT2D eigenvalue weighted by Gasteiger charge is 2.40. The number of nitrogens with zero attached hydrogens (tertiary/aromatic N) is 3. The number of fused-ring (bicyclic) bond motifs is 1. The number of ether oxygens (including phenoxy) is 1. The molecule has 2 aliphatic heterocycles. The molecule has 6 nitrogen and oxygen atoms in total. The fourth-order valence-corrected chi connectivity index (χ4v) is 3.53. The summed E-state index contributed by atoms with van der Waals surface area (Å²) in [5, 5.41) is 13.3. The van der Waals surface area contributed by atoms with Crippen molar-refractivity contribution in [2.75, 3.05) is 19.7 Å². The maximum absolute atomic E-state index is 13.3. The van der Waals surface area contributed by atoms with E-state index in [1.807, 2.05) is 0 Å². The average molecular weight is 381 g/mol. The number of hydrogen-bond donors (Lipinski definition) is 1. The molecule has 1 aromatic heterocycles. The summed E-state index contributed by atoms with van der Waals surface area (Å²) in [4.78, 5) is 14.0. The lowest BCUT2D eigenvalue weighted by Crippen LogP contribution is -2.29. The van der Waals surface area contributed by atoms with Crippen LogP contribution in [-0.4, -0.2) is 51.5 Å². The fourth-order valence-electron chi connectivity index (χ4n) is 3.53. The zero-order chi connectivity index (χ0) is 19.2. The van der Waals surface area contributed by atoms with E-state index in [9.17, 15) is 23.1 Å². The van der Waals surface area contributed by atoms with Crippen LogP contribution in [0.2, 0.25) is 0 Å². The molecule has 1 saturated heterocycles. The number of carbonyl (C=O) groups is 1. The Morgan fingerprint density at radius 1 is 1.26 bits per heavy atom. The second kappa shape index (κ2) is 6.65.